The molecular weight excluding hydrogens is 350 g/mol. The highest BCUT2D eigenvalue weighted by molar-refractivity contribution is 6.35. The predicted molar refractivity (Wildman–Crippen MR) is 102 cm³/mol. The van der Waals surface area contributed by atoms with E-state index in [1.807, 2.05) is 18.2 Å². The molecule has 3 aromatic rings. The smallest absolute Gasteiger partial charge is 0.339 e. The molecule has 0 aromatic heterocycles. The summed E-state index contributed by atoms with van der Waals surface area (Å²) in [5.74, 6) is -0.855. The third-order valence-electron chi connectivity index (χ3n) is 3.87. The fourth-order valence-corrected chi connectivity index (χ4v) is 2.87. The molecule has 3 aromatic carbocycles. The van der Waals surface area contributed by atoms with Gasteiger partial charge in [0.2, 0.25) is 0 Å². The highest BCUT2D eigenvalue weighted by atomic mass is 35.5. The summed E-state index contributed by atoms with van der Waals surface area (Å²) < 4.78 is 4.87. The van der Waals surface area contributed by atoms with Crippen LogP contribution in [-0.4, -0.2) is 19.0 Å². The molecule has 4 nitrogen and oxygen atoms in total. The normalized spacial score (nSPS) is 10.2. The van der Waals surface area contributed by atoms with Crippen LogP contribution in [-0.2, 0) is 4.74 Å². The molecule has 0 aliphatic heterocycles. The second-order valence-electron chi connectivity index (χ2n) is 5.46. The molecule has 0 saturated carbocycles. The Bertz CT molecular complexity index is 941. The van der Waals surface area contributed by atoms with E-state index in [0.717, 1.165) is 0 Å². The van der Waals surface area contributed by atoms with Crippen LogP contribution in [0, 0.1) is 0 Å². The van der Waals surface area contributed by atoms with Crippen LogP contribution in [0.15, 0.2) is 78.9 Å². The first-order chi connectivity index (χ1) is 12.6. The van der Waals surface area contributed by atoms with E-state index in [2.05, 4.69) is 0 Å². The summed E-state index contributed by atoms with van der Waals surface area (Å²) in [6, 6.07) is 22.7. The van der Waals surface area contributed by atoms with Crippen molar-refractivity contribution in [3.63, 3.8) is 0 Å². The number of benzene rings is 3. The van der Waals surface area contributed by atoms with Gasteiger partial charge in [-0.05, 0) is 36.4 Å². The molecule has 0 atom stereocenters. The second kappa shape index (κ2) is 7.85. The van der Waals surface area contributed by atoms with Gasteiger partial charge in [0, 0.05) is 5.69 Å². The lowest BCUT2D eigenvalue weighted by atomic mass is 10.1. The number of amides is 1. The monoisotopic (exact) mass is 365 g/mol. The lowest BCUT2D eigenvalue weighted by Crippen LogP contribution is -2.28. The molecule has 5 heteroatoms. The number of carbonyl (C=O) groups is 2. The summed E-state index contributed by atoms with van der Waals surface area (Å²) in [5, 5.41) is 0.342. The van der Waals surface area contributed by atoms with Gasteiger partial charge >= 0.3 is 5.97 Å². The number of carbonyl (C=O) groups excluding carboxylic acids is 2. The van der Waals surface area contributed by atoms with Gasteiger partial charge in [0.1, 0.15) is 0 Å². The van der Waals surface area contributed by atoms with Crippen molar-refractivity contribution >= 4 is 34.9 Å². The van der Waals surface area contributed by atoms with Gasteiger partial charge in [-0.25, -0.2) is 4.79 Å². The van der Waals surface area contributed by atoms with Gasteiger partial charge in [0.15, 0.2) is 0 Å². The Kier molecular flexibility index (Phi) is 5.34. The Hall–Kier alpha value is -3.11. The Balaban J connectivity index is 2.20. The standard InChI is InChI=1S/C21H16ClNO3/c1-26-21(25)17-12-6-8-14-19(17)23(15-9-3-2-4-10-15)20(24)16-11-5-7-13-18(16)22/h2-14H,1H3. The summed E-state index contributed by atoms with van der Waals surface area (Å²) >= 11 is 6.23. The second-order valence-corrected chi connectivity index (χ2v) is 5.87. The lowest BCUT2D eigenvalue weighted by Gasteiger charge is -2.25. The van der Waals surface area contributed by atoms with Crippen LogP contribution in [0.2, 0.25) is 5.02 Å². The van der Waals surface area contributed by atoms with Gasteiger partial charge in [-0.1, -0.05) is 54.1 Å². The van der Waals surface area contributed by atoms with Gasteiger partial charge in [-0.2, -0.15) is 0 Å². The van der Waals surface area contributed by atoms with Crippen molar-refractivity contribution in [2.75, 3.05) is 12.0 Å². The van der Waals surface area contributed by atoms with Gasteiger partial charge in [0.25, 0.3) is 5.91 Å². The summed E-state index contributed by atoms with van der Waals surface area (Å²) in [6.07, 6.45) is 0. The van der Waals surface area contributed by atoms with Crippen molar-refractivity contribution < 1.29 is 14.3 Å². The average molecular weight is 366 g/mol. The van der Waals surface area contributed by atoms with E-state index in [1.165, 1.54) is 12.0 Å². The van der Waals surface area contributed by atoms with Crippen LogP contribution in [0.1, 0.15) is 20.7 Å². The quantitative estimate of drug-likeness (QED) is 0.604. The largest absolute Gasteiger partial charge is 0.465 e. The van der Waals surface area contributed by atoms with Crippen LogP contribution in [0.5, 0.6) is 0 Å². The third kappa shape index (κ3) is 3.46. The molecule has 0 aliphatic carbocycles. The van der Waals surface area contributed by atoms with Crippen LogP contribution in [0.25, 0.3) is 0 Å². The number of nitrogens with zero attached hydrogens (tertiary/aromatic N) is 1. The number of rotatable bonds is 4. The van der Waals surface area contributed by atoms with Gasteiger partial charge in [-0.15, -0.1) is 0 Å². The molecule has 26 heavy (non-hydrogen) atoms. The fourth-order valence-electron chi connectivity index (χ4n) is 2.65. The number of methoxy groups -OCH3 is 1. The molecule has 0 bridgehead atoms. The molecule has 0 unspecified atom stereocenters. The number of esters is 1. The van der Waals surface area contributed by atoms with Crippen molar-refractivity contribution in [1.29, 1.82) is 0 Å². The van der Waals surface area contributed by atoms with Crippen molar-refractivity contribution in [2.45, 2.75) is 0 Å². The number of halogens is 1. The molecule has 0 aliphatic rings. The molecule has 130 valence electrons. The average Bonchev–Trinajstić information content (AvgIpc) is 2.69. The van der Waals surface area contributed by atoms with Crippen LogP contribution >= 0.6 is 11.6 Å². The summed E-state index contributed by atoms with van der Waals surface area (Å²) in [4.78, 5) is 27.0. The van der Waals surface area contributed by atoms with Gasteiger partial charge < -0.3 is 4.74 Å². The maximum absolute atomic E-state index is 13.3. The fraction of sp³-hybridized carbons (Fsp3) is 0.0476. The first-order valence-electron chi connectivity index (χ1n) is 7.95. The minimum absolute atomic E-state index is 0.291. The SMILES string of the molecule is COC(=O)c1ccccc1N(C(=O)c1ccccc1Cl)c1ccccc1. The number of ether oxygens (including phenoxy) is 1. The zero-order chi connectivity index (χ0) is 18.5. The van der Waals surface area contributed by atoms with E-state index in [4.69, 9.17) is 16.3 Å². The highest BCUT2D eigenvalue weighted by Crippen LogP contribution is 2.32. The molecule has 0 fully saturated rings. The maximum Gasteiger partial charge on any atom is 0.339 e. The van der Waals surface area contributed by atoms with E-state index >= 15 is 0 Å². The lowest BCUT2D eigenvalue weighted by molar-refractivity contribution is 0.0601. The predicted octanol–water partition coefficient (Wildman–Crippen LogP) is 5.11. The third-order valence-corrected chi connectivity index (χ3v) is 4.20. The van der Waals surface area contributed by atoms with Gasteiger partial charge in [0.05, 0.1) is 28.9 Å². The van der Waals surface area contributed by atoms with Crippen molar-refractivity contribution in [1.82, 2.24) is 0 Å². The van der Waals surface area contributed by atoms with Crippen LogP contribution < -0.4 is 4.90 Å². The van der Waals surface area contributed by atoms with Crippen molar-refractivity contribution in [3.05, 3.63) is 95.0 Å². The first kappa shape index (κ1) is 17.7. The Morgan fingerprint density at radius 2 is 1.38 bits per heavy atom. The van der Waals surface area contributed by atoms with E-state index in [0.29, 0.717) is 27.5 Å². The topological polar surface area (TPSA) is 46.6 Å². The Labute approximate surface area is 156 Å². The Morgan fingerprint density at radius 3 is 2.04 bits per heavy atom. The summed E-state index contributed by atoms with van der Waals surface area (Å²) in [7, 11) is 1.31. The molecule has 0 spiro atoms. The number of para-hydroxylation sites is 2. The highest BCUT2D eigenvalue weighted by Gasteiger charge is 2.25. The molecule has 0 heterocycles. The molecule has 3 rings (SSSR count). The number of hydrogen-bond acceptors (Lipinski definition) is 3. The molecule has 0 radical (unpaired) electrons. The molecule has 0 N–H and O–H groups in total. The van der Waals surface area contributed by atoms with Crippen LogP contribution in [0.3, 0.4) is 0 Å². The van der Waals surface area contributed by atoms with Gasteiger partial charge in [-0.3, -0.25) is 9.69 Å². The number of anilines is 2. The Morgan fingerprint density at radius 1 is 0.808 bits per heavy atom. The molecular formula is C21H16ClNO3. The van der Waals surface area contributed by atoms with Crippen molar-refractivity contribution in [2.24, 2.45) is 0 Å². The zero-order valence-electron chi connectivity index (χ0n) is 14.1. The minimum Gasteiger partial charge on any atom is -0.465 e. The maximum atomic E-state index is 13.3. The molecule has 0 saturated heterocycles. The van der Waals surface area contributed by atoms with Crippen molar-refractivity contribution in [3.8, 4) is 0 Å². The minimum atomic E-state index is -0.520. The van der Waals surface area contributed by atoms with E-state index in [1.54, 1.807) is 60.7 Å². The summed E-state index contributed by atoms with van der Waals surface area (Å²) in [6.45, 7) is 0. The van der Waals surface area contributed by atoms with Crippen LogP contribution in [0.4, 0.5) is 11.4 Å². The zero-order valence-corrected chi connectivity index (χ0v) is 14.8. The van der Waals surface area contributed by atoms with E-state index < -0.39 is 5.97 Å². The number of hydrogen-bond donors (Lipinski definition) is 0. The molecule has 1 amide bonds. The van der Waals surface area contributed by atoms with E-state index in [9.17, 15) is 9.59 Å². The van der Waals surface area contributed by atoms with E-state index in [-0.39, 0.29) is 5.91 Å². The summed E-state index contributed by atoms with van der Waals surface area (Å²) in [5.41, 5.74) is 1.68. The first-order valence-corrected chi connectivity index (χ1v) is 8.32.